The summed E-state index contributed by atoms with van der Waals surface area (Å²) in [5.74, 6) is 1.79. The summed E-state index contributed by atoms with van der Waals surface area (Å²) in [7, 11) is 0. The highest BCUT2D eigenvalue weighted by atomic mass is 16.3. The van der Waals surface area contributed by atoms with E-state index in [0.29, 0.717) is 17.5 Å². The van der Waals surface area contributed by atoms with Crippen LogP contribution in [-0.2, 0) is 0 Å². The first-order valence-electron chi connectivity index (χ1n) is 15.5. The van der Waals surface area contributed by atoms with Crippen LogP contribution in [0.2, 0.25) is 0 Å². The number of nitrogens with zero attached hydrogens (tertiary/aromatic N) is 4. The zero-order chi connectivity index (χ0) is 31.2. The Morgan fingerprint density at radius 3 is 1.64 bits per heavy atom. The molecule has 0 bridgehead atoms. The van der Waals surface area contributed by atoms with Crippen LogP contribution in [0.3, 0.4) is 0 Å². The van der Waals surface area contributed by atoms with Crippen LogP contribution in [0.25, 0.3) is 89.3 Å². The van der Waals surface area contributed by atoms with Crippen molar-refractivity contribution in [1.29, 1.82) is 0 Å². The van der Waals surface area contributed by atoms with Gasteiger partial charge in [0.25, 0.3) is 0 Å². The van der Waals surface area contributed by atoms with E-state index >= 15 is 0 Å². The summed E-state index contributed by atoms with van der Waals surface area (Å²) in [4.78, 5) is 19.9. The van der Waals surface area contributed by atoms with Gasteiger partial charge in [0, 0.05) is 39.0 Å². The van der Waals surface area contributed by atoms with E-state index < -0.39 is 0 Å². The van der Waals surface area contributed by atoms with Crippen molar-refractivity contribution in [2.24, 2.45) is 0 Å². The smallest absolute Gasteiger partial charge is 0.164 e. The molecule has 0 radical (unpaired) electrons. The van der Waals surface area contributed by atoms with Crippen LogP contribution in [0.5, 0.6) is 0 Å². The van der Waals surface area contributed by atoms with Crippen molar-refractivity contribution in [1.82, 2.24) is 19.9 Å². The summed E-state index contributed by atoms with van der Waals surface area (Å²) >= 11 is 0. The average molecular weight is 603 g/mol. The van der Waals surface area contributed by atoms with Gasteiger partial charge in [-0.05, 0) is 52.6 Å². The molecule has 0 fully saturated rings. The minimum atomic E-state index is 0.576. The van der Waals surface area contributed by atoms with Gasteiger partial charge in [-0.2, -0.15) is 0 Å². The Labute approximate surface area is 270 Å². The van der Waals surface area contributed by atoms with Crippen LogP contribution in [0, 0.1) is 0 Å². The third kappa shape index (κ3) is 4.91. The zero-order valence-corrected chi connectivity index (χ0v) is 25.2. The molecule has 0 atom stereocenters. The van der Waals surface area contributed by atoms with Crippen molar-refractivity contribution in [2.75, 3.05) is 0 Å². The van der Waals surface area contributed by atoms with E-state index in [1.807, 2.05) is 66.9 Å². The fraction of sp³-hybridized carbons (Fsp3) is 0. The minimum absolute atomic E-state index is 0.576. The predicted molar refractivity (Wildman–Crippen MR) is 190 cm³/mol. The molecule has 0 aliphatic heterocycles. The molecule has 6 aromatic carbocycles. The van der Waals surface area contributed by atoms with Crippen LogP contribution in [0.4, 0.5) is 0 Å². The predicted octanol–water partition coefficient (Wildman–Crippen LogP) is 10.7. The number of hydrogen-bond donors (Lipinski definition) is 0. The lowest BCUT2D eigenvalue weighted by Gasteiger charge is -2.11. The fourth-order valence-electron chi connectivity index (χ4n) is 6.23. The number of furan rings is 1. The van der Waals surface area contributed by atoms with E-state index in [1.54, 1.807) is 0 Å². The highest BCUT2D eigenvalue weighted by Gasteiger charge is 2.20. The maximum absolute atomic E-state index is 6.57. The second-order valence-electron chi connectivity index (χ2n) is 11.5. The molecular formula is C42H26N4O. The van der Waals surface area contributed by atoms with Crippen LogP contribution < -0.4 is 0 Å². The van der Waals surface area contributed by atoms with Gasteiger partial charge in [0.2, 0.25) is 0 Å². The third-order valence-corrected chi connectivity index (χ3v) is 8.56. The summed E-state index contributed by atoms with van der Waals surface area (Å²) in [6.45, 7) is 0. The normalized spacial score (nSPS) is 11.4. The second-order valence-corrected chi connectivity index (χ2v) is 11.5. The number of aromatic nitrogens is 4. The molecule has 0 unspecified atom stereocenters. The molecule has 0 aliphatic carbocycles. The Morgan fingerprint density at radius 2 is 0.957 bits per heavy atom. The Balaban J connectivity index is 1.31. The summed E-state index contributed by atoms with van der Waals surface area (Å²) in [6, 6.07) is 51.6. The van der Waals surface area contributed by atoms with Crippen LogP contribution in [0.1, 0.15) is 0 Å². The highest BCUT2D eigenvalue weighted by Crippen LogP contribution is 2.41. The average Bonchev–Trinajstić information content (AvgIpc) is 3.51. The maximum atomic E-state index is 6.57. The van der Waals surface area contributed by atoms with Gasteiger partial charge in [0.1, 0.15) is 11.2 Å². The molecule has 5 heteroatoms. The SMILES string of the molecule is c1ccc(-c2ccc(-c3nc(-c4ccccc4)nc(-c4cc(-c5ccccc5)cc5oc6cc7cccnc7cc6c45)n3)cc2)cc1. The van der Waals surface area contributed by atoms with Crippen LogP contribution in [0.15, 0.2) is 162 Å². The molecule has 47 heavy (non-hydrogen) atoms. The molecule has 0 saturated carbocycles. The molecule has 3 aromatic heterocycles. The van der Waals surface area contributed by atoms with Crippen molar-refractivity contribution < 1.29 is 4.42 Å². The van der Waals surface area contributed by atoms with E-state index in [-0.39, 0.29) is 0 Å². The standard InChI is InChI=1S/C42H26N4O/c1-4-11-27(12-5-1)29-18-20-31(21-19-29)41-44-40(30-15-8-3-9-16-30)45-42(46-41)35-23-33(28-13-6-2-7-14-28)25-38-39(35)34-26-36-32(17-10-22-43-36)24-37(34)47-38/h1-26H. The van der Waals surface area contributed by atoms with E-state index in [9.17, 15) is 0 Å². The van der Waals surface area contributed by atoms with Gasteiger partial charge in [-0.3, -0.25) is 4.98 Å². The van der Waals surface area contributed by atoms with Gasteiger partial charge in [-0.1, -0.05) is 121 Å². The van der Waals surface area contributed by atoms with Crippen molar-refractivity contribution in [3.63, 3.8) is 0 Å². The van der Waals surface area contributed by atoms with E-state index in [1.165, 1.54) is 0 Å². The van der Waals surface area contributed by atoms with Gasteiger partial charge in [-0.15, -0.1) is 0 Å². The lowest BCUT2D eigenvalue weighted by atomic mass is 9.97. The molecule has 0 amide bonds. The van der Waals surface area contributed by atoms with E-state index in [4.69, 9.17) is 19.4 Å². The molecule has 9 aromatic rings. The Morgan fingerprint density at radius 1 is 0.404 bits per heavy atom. The Kier molecular flexibility index (Phi) is 6.39. The quantitative estimate of drug-likeness (QED) is 0.196. The monoisotopic (exact) mass is 602 g/mol. The summed E-state index contributed by atoms with van der Waals surface area (Å²) in [5.41, 5.74) is 9.56. The number of rotatable bonds is 5. The summed E-state index contributed by atoms with van der Waals surface area (Å²) in [5, 5.41) is 2.94. The van der Waals surface area contributed by atoms with Crippen molar-refractivity contribution in [3.8, 4) is 56.4 Å². The Bertz CT molecular complexity index is 2540. The van der Waals surface area contributed by atoms with Gasteiger partial charge >= 0.3 is 0 Å². The van der Waals surface area contributed by atoms with Gasteiger partial charge in [-0.25, -0.2) is 15.0 Å². The molecule has 3 heterocycles. The van der Waals surface area contributed by atoms with Crippen LogP contribution >= 0.6 is 0 Å². The van der Waals surface area contributed by atoms with Gasteiger partial charge in [0.15, 0.2) is 17.5 Å². The molecular weight excluding hydrogens is 576 g/mol. The lowest BCUT2D eigenvalue weighted by Crippen LogP contribution is -2.00. The van der Waals surface area contributed by atoms with Gasteiger partial charge in [0.05, 0.1) is 5.52 Å². The minimum Gasteiger partial charge on any atom is -0.456 e. The van der Waals surface area contributed by atoms with Crippen LogP contribution in [-0.4, -0.2) is 19.9 Å². The first kappa shape index (κ1) is 26.9. The molecule has 0 saturated heterocycles. The highest BCUT2D eigenvalue weighted by molar-refractivity contribution is 6.15. The van der Waals surface area contributed by atoms with Gasteiger partial charge < -0.3 is 4.42 Å². The van der Waals surface area contributed by atoms with Crippen molar-refractivity contribution >= 4 is 32.8 Å². The zero-order valence-electron chi connectivity index (χ0n) is 25.2. The number of fused-ring (bicyclic) bond motifs is 4. The fourth-order valence-corrected chi connectivity index (χ4v) is 6.23. The Hall–Kier alpha value is -6.46. The largest absolute Gasteiger partial charge is 0.456 e. The molecule has 0 spiro atoms. The van der Waals surface area contributed by atoms with E-state index in [2.05, 4.69) is 96.0 Å². The molecule has 0 N–H and O–H groups in total. The molecule has 9 rings (SSSR count). The molecule has 0 aliphatic rings. The maximum Gasteiger partial charge on any atom is 0.164 e. The topological polar surface area (TPSA) is 64.7 Å². The first-order chi connectivity index (χ1) is 23.3. The lowest BCUT2D eigenvalue weighted by molar-refractivity contribution is 0.669. The van der Waals surface area contributed by atoms with E-state index in [0.717, 1.165) is 71.8 Å². The second kappa shape index (κ2) is 11.2. The number of benzene rings is 6. The number of pyridine rings is 1. The molecule has 220 valence electrons. The number of hydrogen-bond acceptors (Lipinski definition) is 5. The third-order valence-electron chi connectivity index (χ3n) is 8.56. The first-order valence-corrected chi connectivity index (χ1v) is 15.5. The summed E-state index contributed by atoms with van der Waals surface area (Å²) in [6.07, 6.45) is 1.82. The van der Waals surface area contributed by atoms with Crippen molar-refractivity contribution in [3.05, 3.63) is 158 Å². The van der Waals surface area contributed by atoms with Crippen molar-refractivity contribution in [2.45, 2.75) is 0 Å². The summed E-state index contributed by atoms with van der Waals surface area (Å²) < 4.78 is 6.57. The molecule has 5 nitrogen and oxygen atoms in total.